The van der Waals surface area contributed by atoms with Gasteiger partial charge in [-0.15, -0.1) is 0 Å². The van der Waals surface area contributed by atoms with Crippen molar-refractivity contribution in [3.8, 4) is 0 Å². The number of benzene rings is 1. The third-order valence-corrected chi connectivity index (χ3v) is 5.26. The predicted molar refractivity (Wildman–Crippen MR) is 110 cm³/mol. The summed E-state index contributed by atoms with van der Waals surface area (Å²) in [5, 5.41) is 26.2. The number of pyridine rings is 1. The van der Waals surface area contributed by atoms with Crippen LogP contribution < -0.4 is 16.0 Å². The molecule has 3 aromatic rings. The molecule has 3 amide bonds. The first-order valence-electron chi connectivity index (χ1n) is 9.52. The van der Waals surface area contributed by atoms with Gasteiger partial charge in [0.15, 0.2) is 5.82 Å². The molecule has 1 saturated carbocycles. The van der Waals surface area contributed by atoms with E-state index in [0.29, 0.717) is 29.6 Å². The van der Waals surface area contributed by atoms with Crippen LogP contribution in [0.3, 0.4) is 0 Å². The quantitative estimate of drug-likeness (QED) is 0.438. The van der Waals surface area contributed by atoms with Gasteiger partial charge in [-0.05, 0) is 24.8 Å². The molecular formula is C20H22N6O4. The summed E-state index contributed by atoms with van der Waals surface area (Å²) in [6.07, 6.45) is 3.00. The van der Waals surface area contributed by atoms with Gasteiger partial charge in [-0.2, -0.15) is 5.10 Å². The fraction of sp³-hybridized carbons (Fsp3) is 0.300. The van der Waals surface area contributed by atoms with Crippen LogP contribution in [0.1, 0.15) is 30.9 Å². The fourth-order valence-electron chi connectivity index (χ4n) is 3.51. The van der Waals surface area contributed by atoms with E-state index in [4.69, 9.17) is 0 Å². The van der Waals surface area contributed by atoms with Gasteiger partial charge in [0, 0.05) is 12.3 Å². The number of nitrogens with one attached hydrogen (secondary N) is 4. The van der Waals surface area contributed by atoms with Crippen LogP contribution in [0.2, 0.25) is 0 Å². The second kappa shape index (κ2) is 7.99. The van der Waals surface area contributed by atoms with E-state index in [1.807, 2.05) is 30.3 Å². The molecule has 2 heterocycles. The number of hydrogen-bond acceptors (Lipinski definition) is 6. The number of methoxy groups -OCH3 is 1. The van der Waals surface area contributed by atoms with Gasteiger partial charge < -0.3 is 15.2 Å². The van der Waals surface area contributed by atoms with Crippen LogP contribution in [0, 0.1) is 0 Å². The number of rotatable bonds is 5. The van der Waals surface area contributed by atoms with Gasteiger partial charge >= 0.3 is 12.1 Å². The highest BCUT2D eigenvalue weighted by Gasteiger charge is 2.43. The topological polar surface area (TPSA) is 141 Å². The van der Waals surface area contributed by atoms with Crippen LogP contribution in [-0.4, -0.2) is 45.1 Å². The summed E-state index contributed by atoms with van der Waals surface area (Å²) >= 11 is 0. The molecule has 0 unspecified atom stereocenters. The Morgan fingerprint density at radius 3 is 2.67 bits per heavy atom. The predicted octanol–water partition coefficient (Wildman–Crippen LogP) is 2.91. The number of ether oxygens (including phenoxy) is 1. The molecule has 156 valence electrons. The molecule has 2 aromatic heterocycles. The number of amides is 3. The fourth-order valence-corrected chi connectivity index (χ4v) is 3.51. The summed E-state index contributed by atoms with van der Waals surface area (Å²) in [5.74, 6) is 0.567. The van der Waals surface area contributed by atoms with Crippen molar-refractivity contribution < 1.29 is 19.4 Å². The summed E-state index contributed by atoms with van der Waals surface area (Å²) in [4.78, 5) is 28.2. The molecule has 0 saturated heterocycles. The van der Waals surface area contributed by atoms with E-state index in [-0.39, 0.29) is 5.82 Å². The number of aromatic amines is 1. The van der Waals surface area contributed by atoms with E-state index in [1.54, 1.807) is 6.07 Å². The lowest BCUT2D eigenvalue weighted by Gasteiger charge is -2.43. The van der Waals surface area contributed by atoms with Crippen molar-refractivity contribution in [3.63, 3.8) is 0 Å². The highest BCUT2D eigenvalue weighted by molar-refractivity contribution is 5.98. The highest BCUT2D eigenvalue weighted by atomic mass is 16.5. The number of carbonyl (C=O) groups is 2. The smallest absolute Gasteiger partial charge is 0.412 e. The van der Waals surface area contributed by atoms with Gasteiger partial charge in [-0.25, -0.2) is 14.6 Å². The Labute approximate surface area is 172 Å². The molecule has 10 nitrogen and oxygen atoms in total. The first kappa shape index (κ1) is 19.6. The zero-order valence-electron chi connectivity index (χ0n) is 16.3. The van der Waals surface area contributed by atoms with Crippen molar-refractivity contribution in [2.45, 2.75) is 30.9 Å². The molecule has 30 heavy (non-hydrogen) atoms. The Balaban J connectivity index is 1.48. The van der Waals surface area contributed by atoms with Gasteiger partial charge in [-0.1, -0.05) is 30.3 Å². The molecular weight excluding hydrogens is 388 g/mol. The first-order valence-corrected chi connectivity index (χ1v) is 9.52. The lowest BCUT2D eigenvalue weighted by Crippen LogP contribution is -2.51. The first-order chi connectivity index (χ1) is 14.5. The largest absolute Gasteiger partial charge is 0.453 e. The van der Waals surface area contributed by atoms with Crippen molar-refractivity contribution >= 4 is 34.7 Å². The SMILES string of the molecule is COC(=O)Nc1n[nH]c2cc(NC(=O)N[C@@H](c3ccccc3)C3(O)CCC3)ncc12. The Hall–Kier alpha value is -3.66. The Bertz CT molecular complexity index is 1060. The maximum atomic E-state index is 12.6. The Morgan fingerprint density at radius 1 is 1.23 bits per heavy atom. The second-order valence-electron chi connectivity index (χ2n) is 7.20. The van der Waals surface area contributed by atoms with E-state index in [2.05, 4.69) is 35.9 Å². The molecule has 10 heteroatoms. The van der Waals surface area contributed by atoms with E-state index < -0.39 is 23.8 Å². The summed E-state index contributed by atoms with van der Waals surface area (Å²) in [7, 11) is 1.26. The number of hydrogen-bond donors (Lipinski definition) is 5. The molecule has 1 aliphatic rings. The molecule has 0 aliphatic heterocycles. The van der Waals surface area contributed by atoms with Gasteiger partial charge in [0.2, 0.25) is 0 Å². The van der Waals surface area contributed by atoms with Crippen LogP contribution in [-0.2, 0) is 4.74 Å². The van der Waals surface area contributed by atoms with Gasteiger partial charge in [-0.3, -0.25) is 15.7 Å². The third kappa shape index (κ3) is 3.90. The number of carbonyl (C=O) groups excluding carboxylic acids is 2. The number of urea groups is 1. The summed E-state index contributed by atoms with van der Waals surface area (Å²) in [6.45, 7) is 0. The van der Waals surface area contributed by atoms with Crippen LogP contribution in [0.4, 0.5) is 21.2 Å². The van der Waals surface area contributed by atoms with Crippen LogP contribution in [0.25, 0.3) is 10.9 Å². The normalized spacial score (nSPS) is 15.7. The van der Waals surface area contributed by atoms with Crippen LogP contribution >= 0.6 is 0 Å². The molecule has 4 rings (SSSR count). The number of aliphatic hydroxyl groups is 1. The van der Waals surface area contributed by atoms with Crippen LogP contribution in [0.15, 0.2) is 42.6 Å². The van der Waals surface area contributed by atoms with E-state index in [1.165, 1.54) is 13.3 Å². The Kier molecular flexibility index (Phi) is 5.23. The lowest BCUT2D eigenvalue weighted by atomic mass is 9.72. The van der Waals surface area contributed by atoms with Crippen molar-refractivity contribution in [2.75, 3.05) is 17.7 Å². The van der Waals surface area contributed by atoms with Crippen molar-refractivity contribution in [1.29, 1.82) is 0 Å². The molecule has 1 aromatic carbocycles. The van der Waals surface area contributed by atoms with Crippen LogP contribution in [0.5, 0.6) is 0 Å². The Morgan fingerprint density at radius 2 is 2.00 bits per heavy atom. The number of fused-ring (bicyclic) bond motifs is 1. The van der Waals surface area contributed by atoms with Crippen molar-refractivity contribution in [1.82, 2.24) is 20.5 Å². The third-order valence-electron chi connectivity index (χ3n) is 5.26. The summed E-state index contributed by atoms with van der Waals surface area (Å²) in [5.41, 5.74) is 0.447. The standard InChI is InChI=1S/C20H22N6O4/c1-30-19(28)24-17-13-11-21-15(10-14(13)25-26-17)22-18(27)23-16(20(29)8-5-9-20)12-6-3-2-4-7-12/h2-4,6-7,10-11,16,29H,5,8-9H2,1H3,(H2,21,22,23,27)(H2,24,25,26,28)/t16-/m0/s1. The molecule has 5 N–H and O–H groups in total. The highest BCUT2D eigenvalue weighted by Crippen LogP contribution is 2.42. The van der Waals surface area contributed by atoms with Gasteiger partial charge in [0.05, 0.1) is 29.7 Å². The summed E-state index contributed by atoms with van der Waals surface area (Å²) < 4.78 is 4.55. The lowest BCUT2D eigenvalue weighted by molar-refractivity contribution is -0.0627. The van der Waals surface area contributed by atoms with Crippen molar-refractivity contribution in [2.24, 2.45) is 0 Å². The molecule has 1 fully saturated rings. The maximum Gasteiger partial charge on any atom is 0.412 e. The second-order valence-corrected chi connectivity index (χ2v) is 7.20. The minimum absolute atomic E-state index is 0.275. The molecule has 0 bridgehead atoms. The maximum absolute atomic E-state index is 12.6. The molecule has 1 atom stereocenters. The average Bonchev–Trinajstić information content (AvgIpc) is 3.12. The zero-order valence-corrected chi connectivity index (χ0v) is 16.3. The number of nitrogens with zero attached hydrogens (tertiary/aromatic N) is 2. The number of anilines is 2. The minimum atomic E-state index is -0.964. The van der Waals surface area contributed by atoms with Crippen molar-refractivity contribution in [3.05, 3.63) is 48.2 Å². The van der Waals surface area contributed by atoms with Gasteiger partial charge in [0.1, 0.15) is 5.82 Å². The zero-order chi connectivity index (χ0) is 21.1. The average molecular weight is 410 g/mol. The van der Waals surface area contributed by atoms with E-state index >= 15 is 0 Å². The summed E-state index contributed by atoms with van der Waals surface area (Å²) in [6, 6.07) is 9.98. The monoisotopic (exact) mass is 410 g/mol. The van der Waals surface area contributed by atoms with Gasteiger partial charge in [0.25, 0.3) is 0 Å². The molecule has 0 radical (unpaired) electrons. The number of H-pyrrole nitrogens is 1. The van der Waals surface area contributed by atoms with E-state index in [9.17, 15) is 14.7 Å². The molecule has 1 aliphatic carbocycles. The number of aromatic nitrogens is 3. The minimum Gasteiger partial charge on any atom is -0.453 e. The van der Waals surface area contributed by atoms with E-state index in [0.717, 1.165) is 12.0 Å². The molecule has 0 spiro atoms.